The molecule has 0 spiro atoms. The molecule has 0 amide bonds. The zero-order valence-electron chi connectivity index (χ0n) is 15.2. The second kappa shape index (κ2) is 8.39. The Hall–Kier alpha value is -2.27. The summed E-state index contributed by atoms with van der Waals surface area (Å²) in [4.78, 5) is 21.7. The highest BCUT2D eigenvalue weighted by Gasteiger charge is 2.24. The van der Waals surface area contributed by atoms with Crippen LogP contribution in [-0.4, -0.2) is 70.8 Å². The average molecular weight is 409 g/mol. The van der Waals surface area contributed by atoms with Gasteiger partial charge in [-0.25, -0.2) is 13.8 Å². The predicted molar refractivity (Wildman–Crippen MR) is 105 cm³/mol. The molecule has 0 unspecified atom stereocenters. The third-order valence-corrected chi connectivity index (χ3v) is 5.58. The molecule has 2 aromatic heterocycles. The van der Waals surface area contributed by atoms with Crippen molar-refractivity contribution in [2.45, 2.75) is 6.43 Å². The van der Waals surface area contributed by atoms with E-state index in [1.54, 1.807) is 0 Å². The summed E-state index contributed by atoms with van der Waals surface area (Å²) in [5, 5.41) is 0. The van der Waals surface area contributed by atoms with Crippen molar-refractivity contribution in [3.05, 3.63) is 17.8 Å². The van der Waals surface area contributed by atoms with Crippen LogP contribution >= 0.6 is 11.8 Å². The fourth-order valence-electron chi connectivity index (χ4n) is 3.14. The van der Waals surface area contributed by atoms with Crippen LogP contribution in [0, 0.1) is 0 Å². The molecule has 0 radical (unpaired) electrons. The number of rotatable bonds is 4. The van der Waals surface area contributed by atoms with Gasteiger partial charge in [-0.2, -0.15) is 26.7 Å². The highest BCUT2D eigenvalue weighted by Crippen LogP contribution is 2.31. The Bertz CT molecular complexity index is 793. The molecule has 2 aliphatic rings. The van der Waals surface area contributed by atoms with Crippen molar-refractivity contribution >= 4 is 29.5 Å². The molecule has 8 nitrogen and oxygen atoms in total. The first-order valence-electron chi connectivity index (χ1n) is 9.07. The number of morpholine rings is 1. The van der Waals surface area contributed by atoms with Gasteiger partial charge in [-0.05, 0) is 6.07 Å². The number of hydrogen-bond donors (Lipinski definition) is 1. The Morgan fingerprint density at radius 3 is 2.29 bits per heavy atom. The average Bonchev–Trinajstić information content (AvgIpc) is 2.74. The Labute approximate surface area is 165 Å². The quantitative estimate of drug-likeness (QED) is 0.812. The van der Waals surface area contributed by atoms with Gasteiger partial charge < -0.3 is 20.3 Å². The minimum Gasteiger partial charge on any atom is -0.384 e. The number of nitrogen functional groups attached to an aromatic ring is 1. The Kier molecular flexibility index (Phi) is 5.72. The molecular formula is C17H21F2N7OS. The van der Waals surface area contributed by atoms with Gasteiger partial charge in [0.25, 0.3) is 6.43 Å². The molecule has 11 heteroatoms. The maximum Gasteiger partial charge on any atom is 0.264 e. The number of ether oxygens (including phenoxy) is 1. The van der Waals surface area contributed by atoms with Gasteiger partial charge in [0.05, 0.1) is 13.2 Å². The first-order chi connectivity index (χ1) is 13.6. The smallest absolute Gasteiger partial charge is 0.264 e. The number of alkyl halides is 2. The van der Waals surface area contributed by atoms with E-state index >= 15 is 0 Å². The van der Waals surface area contributed by atoms with E-state index < -0.39 is 6.43 Å². The van der Waals surface area contributed by atoms with Crippen LogP contribution in [0.5, 0.6) is 0 Å². The first kappa shape index (κ1) is 19.1. The summed E-state index contributed by atoms with van der Waals surface area (Å²) in [6.07, 6.45) is -1.40. The first-order valence-corrected chi connectivity index (χ1v) is 10.2. The maximum absolute atomic E-state index is 13.6. The lowest BCUT2D eigenvalue weighted by Gasteiger charge is -2.30. The highest BCUT2D eigenvalue weighted by atomic mass is 32.2. The molecule has 0 aliphatic carbocycles. The summed E-state index contributed by atoms with van der Waals surface area (Å²) in [7, 11) is 0. The van der Waals surface area contributed by atoms with Gasteiger partial charge in [-0.15, -0.1) is 0 Å². The molecule has 0 saturated carbocycles. The monoisotopic (exact) mass is 409 g/mol. The molecule has 2 saturated heterocycles. The van der Waals surface area contributed by atoms with Crippen LogP contribution in [0.25, 0.3) is 11.4 Å². The lowest BCUT2D eigenvalue weighted by atomic mass is 10.1. The zero-order valence-corrected chi connectivity index (χ0v) is 16.0. The molecule has 2 N–H and O–H groups in total. The van der Waals surface area contributed by atoms with Gasteiger partial charge in [0, 0.05) is 55.0 Å². The lowest BCUT2D eigenvalue weighted by Crippen LogP contribution is -2.39. The number of aromatic nitrogens is 4. The molecule has 28 heavy (non-hydrogen) atoms. The molecule has 0 atom stereocenters. The van der Waals surface area contributed by atoms with E-state index in [0.29, 0.717) is 38.2 Å². The van der Waals surface area contributed by atoms with Crippen molar-refractivity contribution in [3.63, 3.8) is 0 Å². The number of thioether (sulfide) groups is 1. The molecule has 0 aromatic carbocycles. The van der Waals surface area contributed by atoms with Gasteiger partial charge in [-0.3, -0.25) is 0 Å². The van der Waals surface area contributed by atoms with Crippen LogP contribution in [0.4, 0.5) is 26.5 Å². The summed E-state index contributed by atoms with van der Waals surface area (Å²) in [6.45, 7) is 4.03. The summed E-state index contributed by atoms with van der Waals surface area (Å²) in [5.41, 5.74) is 5.55. The van der Waals surface area contributed by atoms with Crippen LogP contribution in [-0.2, 0) is 4.74 Å². The van der Waals surface area contributed by atoms with E-state index in [1.165, 1.54) is 12.3 Å². The number of anilines is 3. The summed E-state index contributed by atoms with van der Waals surface area (Å²) in [6, 6.07) is 1.18. The fraction of sp³-hybridized carbons (Fsp3) is 0.529. The number of pyridine rings is 1. The molecular weight excluding hydrogens is 388 g/mol. The number of nitrogens with zero attached hydrogens (tertiary/aromatic N) is 6. The third kappa shape index (κ3) is 4.09. The van der Waals surface area contributed by atoms with Crippen molar-refractivity contribution in [1.29, 1.82) is 0 Å². The SMILES string of the molecule is Nc1cc(C(F)F)c(-c2nc(N3CCOCC3)nc(N3CCSCC3)n2)cn1. The van der Waals surface area contributed by atoms with Crippen LogP contribution in [0.1, 0.15) is 12.0 Å². The van der Waals surface area contributed by atoms with E-state index in [0.717, 1.165) is 24.6 Å². The van der Waals surface area contributed by atoms with E-state index in [2.05, 4.69) is 24.8 Å². The van der Waals surface area contributed by atoms with Crippen LogP contribution in [0.2, 0.25) is 0 Å². The van der Waals surface area contributed by atoms with E-state index in [-0.39, 0.29) is 22.8 Å². The minimum absolute atomic E-state index is 0.0368. The van der Waals surface area contributed by atoms with Gasteiger partial charge in [0.15, 0.2) is 5.82 Å². The van der Waals surface area contributed by atoms with Crippen LogP contribution in [0.3, 0.4) is 0 Å². The molecule has 2 fully saturated rings. The molecule has 4 rings (SSSR count). The Morgan fingerprint density at radius 1 is 1.00 bits per heavy atom. The number of hydrogen-bond acceptors (Lipinski definition) is 9. The minimum atomic E-state index is -2.71. The second-order valence-electron chi connectivity index (χ2n) is 6.45. The summed E-state index contributed by atoms with van der Waals surface area (Å²) in [5.74, 6) is 3.14. The summed E-state index contributed by atoms with van der Waals surface area (Å²) >= 11 is 1.87. The van der Waals surface area contributed by atoms with Crippen LogP contribution < -0.4 is 15.5 Å². The predicted octanol–water partition coefficient (Wildman–Crippen LogP) is 1.84. The van der Waals surface area contributed by atoms with Gasteiger partial charge in [0.2, 0.25) is 11.9 Å². The standard InChI is InChI=1S/C17H21F2N7OS/c18-14(19)11-9-13(20)21-10-12(11)15-22-16(25-1-5-27-6-2-25)24-17(23-15)26-3-7-28-8-4-26/h9-10,14H,1-8H2,(H2,20,21). The largest absolute Gasteiger partial charge is 0.384 e. The second-order valence-corrected chi connectivity index (χ2v) is 7.68. The molecule has 2 aromatic rings. The van der Waals surface area contributed by atoms with Crippen LogP contribution in [0.15, 0.2) is 12.3 Å². The molecule has 4 heterocycles. The highest BCUT2D eigenvalue weighted by molar-refractivity contribution is 7.99. The van der Waals surface area contributed by atoms with Crippen molar-refractivity contribution < 1.29 is 13.5 Å². The van der Waals surface area contributed by atoms with Crippen molar-refractivity contribution in [2.24, 2.45) is 0 Å². The van der Waals surface area contributed by atoms with E-state index in [9.17, 15) is 8.78 Å². The van der Waals surface area contributed by atoms with Gasteiger partial charge >= 0.3 is 0 Å². The molecule has 0 bridgehead atoms. The number of halogens is 2. The lowest BCUT2D eigenvalue weighted by molar-refractivity contribution is 0.122. The third-order valence-electron chi connectivity index (χ3n) is 4.63. The van der Waals surface area contributed by atoms with Crippen molar-refractivity contribution in [1.82, 2.24) is 19.9 Å². The fourth-order valence-corrected chi connectivity index (χ4v) is 4.04. The normalized spacial score (nSPS) is 18.0. The van der Waals surface area contributed by atoms with E-state index in [4.69, 9.17) is 10.5 Å². The number of nitrogens with two attached hydrogens (primary N) is 1. The van der Waals surface area contributed by atoms with Gasteiger partial charge in [0.1, 0.15) is 5.82 Å². The van der Waals surface area contributed by atoms with Crippen molar-refractivity contribution in [3.8, 4) is 11.4 Å². The molecule has 150 valence electrons. The summed E-state index contributed by atoms with van der Waals surface area (Å²) < 4.78 is 32.6. The Balaban J connectivity index is 1.79. The zero-order chi connectivity index (χ0) is 19.5. The van der Waals surface area contributed by atoms with Crippen molar-refractivity contribution in [2.75, 3.05) is 66.4 Å². The maximum atomic E-state index is 13.6. The topological polar surface area (TPSA) is 93.3 Å². The van der Waals surface area contributed by atoms with E-state index in [1.807, 2.05) is 16.7 Å². The van der Waals surface area contributed by atoms with Gasteiger partial charge in [-0.1, -0.05) is 0 Å². The Morgan fingerprint density at radius 2 is 1.64 bits per heavy atom. The molecule has 2 aliphatic heterocycles.